The number of hydrogen-bond acceptors (Lipinski definition) is 4. The molecule has 5 nitrogen and oxygen atoms in total. The summed E-state index contributed by atoms with van der Waals surface area (Å²) in [7, 11) is 4.60. The van der Waals surface area contributed by atoms with E-state index >= 15 is 0 Å². The summed E-state index contributed by atoms with van der Waals surface area (Å²) in [6, 6.07) is 17.9. The lowest BCUT2D eigenvalue weighted by molar-refractivity contribution is 0.299. The minimum Gasteiger partial charge on any atom is -0.378 e. The van der Waals surface area contributed by atoms with Gasteiger partial charge in [-0.1, -0.05) is 42.5 Å². The normalized spacial score (nSPS) is 13.0. The Morgan fingerprint density at radius 2 is 1.54 bits per heavy atom. The van der Waals surface area contributed by atoms with Crippen molar-refractivity contribution in [1.29, 1.82) is 0 Å². The van der Waals surface area contributed by atoms with Gasteiger partial charge in [-0.05, 0) is 43.8 Å². The largest absolute Gasteiger partial charge is 0.378 e. The van der Waals surface area contributed by atoms with Crippen molar-refractivity contribution >= 4 is 15.7 Å². The summed E-state index contributed by atoms with van der Waals surface area (Å²) in [5.74, 6) is 0.0940. The van der Waals surface area contributed by atoms with Gasteiger partial charge in [0.05, 0.1) is 5.75 Å². The molecule has 0 aliphatic carbocycles. The first-order valence-corrected chi connectivity index (χ1v) is 10.4. The van der Waals surface area contributed by atoms with Crippen molar-refractivity contribution in [3.05, 3.63) is 65.7 Å². The Bertz CT molecular complexity index is 772. The zero-order valence-corrected chi connectivity index (χ0v) is 16.8. The molecule has 2 rings (SSSR count). The molecule has 0 aliphatic heterocycles. The molecule has 0 bridgehead atoms. The molecule has 0 unspecified atom stereocenters. The van der Waals surface area contributed by atoms with Gasteiger partial charge in [0.2, 0.25) is 10.0 Å². The number of nitrogens with zero attached hydrogens (tertiary/aromatic N) is 2. The average molecular weight is 376 g/mol. The maximum atomic E-state index is 12.4. The highest BCUT2D eigenvalue weighted by Crippen LogP contribution is 2.21. The number of hydrogen-bond donors (Lipinski definition) is 1. The predicted octanol–water partition coefficient (Wildman–Crippen LogP) is 2.52. The maximum Gasteiger partial charge on any atom is 0.211 e. The van der Waals surface area contributed by atoms with Crippen molar-refractivity contribution in [3.63, 3.8) is 0 Å². The van der Waals surface area contributed by atoms with Gasteiger partial charge >= 0.3 is 0 Å². The van der Waals surface area contributed by atoms with E-state index in [2.05, 4.69) is 29.0 Å². The van der Waals surface area contributed by atoms with Gasteiger partial charge in [0.25, 0.3) is 0 Å². The van der Waals surface area contributed by atoms with Gasteiger partial charge in [0.15, 0.2) is 0 Å². The van der Waals surface area contributed by atoms with Crippen LogP contribution in [0.15, 0.2) is 54.6 Å². The standard InChI is InChI=1S/C20H29N3O2S/c1-22(2)19-12-10-18(11-13-19)20(23(3)4)16-21-26(24,25)15-14-17-8-6-5-7-9-17/h5-13,20-21H,14-16H2,1-4H3/t20-/m0/s1. The number of benzene rings is 2. The third-order valence-corrected chi connectivity index (χ3v) is 5.76. The highest BCUT2D eigenvalue weighted by atomic mass is 32.2. The minimum atomic E-state index is -3.32. The van der Waals surface area contributed by atoms with Crippen LogP contribution in [-0.4, -0.2) is 53.8 Å². The van der Waals surface area contributed by atoms with Gasteiger partial charge in [0, 0.05) is 32.4 Å². The lowest BCUT2D eigenvalue weighted by Crippen LogP contribution is -2.36. The Hall–Kier alpha value is -1.89. The van der Waals surface area contributed by atoms with E-state index in [1.54, 1.807) is 0 Å². The van der Waals surface area contributed by atoms with Crippen molar-refractivity contribution in [1.82, 2.24) is 9.62 Å². The summed E-state index contributed by atoms with van der Waals surface area (Å²) in [4.78, 5) is 4.07. The van der Waals surface area contributed by atoms with Gasteiger partial charge in [-0.25, -0.2) is 13.1 Å². The molecular weight excluding hydrogens is 346 g/mol. The van der Waals surface area contributed by atoms with Crippen molar-refractivity contribution in [3.8, 4) is 0 Å². The van der Waals surface area contributed by atoms with Crippen LogP contribution in [0.3, 0.4) is 0 Å². The van der Waals surface area contributed by atoms with Crippen molar-refractivity contribution < 1.29 is 8.42 Å². The van der Waals surface area contributed by atoms with E-state index in [0.29, 0.717) is 13.0 Å². The van der Waals surface area contributed by atoms with Gasteiger partial charge in [-0.3, -0.25) is 0 Å². The molecule has 2 aromatic rings. The van der Waals surface area contributed by atoms with Crippen LogP contribution >= 0.6 is 0 Å². The second-order valence-electron chi connectivity index (χ2n) is 6.87. The van der Waals surface area contributed by atoms with Crippen LogP contribution in [0.5, 0.6) is 0 Å². The lowest BCUT2D eigenvalue weighted by Gasteiger charge is -2.25. The van der Waals surface area contributed by atoms with E-state index in [1.807, 2.05) is 68.3 Å². The molecule has 0 fully saturated rings. The van der Waals surface area contributed by atoms with E-state index in [9.17, 15) is 8.42 Å². The Morgan fingerprint density at radius 3 is 2.08 bits per heavy atom. The molecule has 1 atom stereocenters. The Labute approximate surface area is 157 Å². The van der Waals surface area contributed by atoms with Crippen LogP contribution in [-0.2, 0) is 16.4 Å². The van der Waals surface area contributed by atoms with Crippen molar-refractivity contribution in [2.24, 2.45) is 0 Å². The first-order chi connectivity index (χ1) is 12.3. The number of anilines is 1. The zero-order valence-electron chi connectivity index (χ0n) is 16.0. The van der Waals surface area contributed by atoms with Crippen LogP contribution in [0.4, 0.5) is 5.69 Å². The Morgan fingerprint density at radius 1 is 0.923 bits per heavy atom. The molecule has 2 aromatic carbocycles. The second kappa shape index (κ2) is 9.16. The van der Waals surface area contributed by atoms with Crippen molar-refractivity contribution in [2.45, 2.75) is 12.5 Å². The smallest absolute Gasteiger partial charge is 0.211 e. The van der Waals surface area contributed by atoms with Crippen LogP contribution in [0, 0.1) is 0 Å². The molecule has 0 amide bonds. The third-order valence-electron chi connectivity index (χ3n) is 4.42. The van der Waals surface area contributed by atoms with Gasteiger partial charge < -0.3 is 9.80 Å². The molecule has 142 valence electrons. The first kappa shape index (κ1) is 20.4. The van der Waals surface area contributed by atoms with E-state index in [1.165, 1.54) is 0 Å². The van der Waals surface area contributed by atoms with Crippen LogP contribution in [0.1, 0.15) is 17.2 Å². The molecule has 0 aromatic heterocycles. The molecule has 0 aliphatic rings. The molecule has 0 saturated carbocycles. The number of sulfonamides is 1. The van der Waals surface area contributed by atoms with Crippen LogP contribution in [0.2, 0.25) is 0 Å². The lowest BCUT2D eigenvalue weighted by atomic mass is 10.1. The highest BCUT2D eigenvalue weighted by molar-refractivity contribution is 7.89. The first-order valence-electron chi connectivity index (χ1n) is 8.73. The second-order valence-corrected chi connectivity index (χ2v) is 8.79. The van der Waals surface area contributed by atoms with Gasteiger partial charge in [-0.2, -0.15) is 0 Å². The SMILES string of the molecule is CN(C)c1ccc([C@H](CNS(=O)(=O)CCc2ccccc2)N(C)C)cc1. The maximum absolute atomic E-state index is 12.4. The third kappa shape index (κ3) is 6.12. The van der Waals surface area contributed by atoms with Crippen molar-refractivity contribution in [2.75, 3.05) is 45.4 Å². The highest BCUT2D eigenvalue weighted by Gasteiger charge is 2.18. The molecule has 0 saturated heterocycles. The van der Waals surface area contributed by atoms with E-state index < -0.39 is 10.0 Å². The van der Waals surface area contributed by atoms with E-state index in [4.69, 9.17) is 0 Å². The molecular formula is C20H29N3O2S. The van der Waals surface area contributed by atoms with E-state index in [-0.39, 0.29) is 11.8 Å². The quantitative estimate of drug-likeness (QED) is 0.732. The van der Waals surface area contributed by atoms with Gasteiger partial charge in [-0.15, -0.1) is 0 Å². The van der Waals surface area contributed by atoms with Crippen LogP contribution in [0.25, 0.3) is 0 Å². The minimum absolute atomic E-state index is 0.0160. The summed E-state index contributed by atoms with van der Waals surface area (Å²) in [5, 5.41) is 0. The number of rotatable bonds is 9. The van der Waals surface area contributed by atoms with Crippen LogP contribution < -0.4 is 9.62 Å². The summed E-state index contributed by atoms with van der Waals surface area (Å²) in [6.07, 6.45) is 0.514. The summed E-state index contributed by atoms with van der Waals surface area (Å²) in [5.41, 5.74) is 3.24. The molecule has 26 heavy (non-hydrogen) atoms. The predicted molar refractivity (Wildman–Crippen MR) is 109 cm³/mol. The summed E-state index contributed by atoms with van der Waals surface area (Å²) >= 11 is 0. The fraction of sp³-hybridized carbons (Fsp3) is 0.400. The Kier molecular flexibility index (Phi) is 7.20. The summed E-state index contributed by atoms with van der Waals surface area (Å²) in [6.45, 7) is 0.353. The fourth-order valence-electron chi connectivity index (χ4n) is 2.77. The van der Waals surface area contributed by atoms with Gasteiger partial charge in [0.1, 0.15) is 0 Å². The zero-order chi connectivity index (χ0) is 19.2. The fourth-order valence-corrected chi connectivity index (χ4v) is 3.83. The molecule has 0 radical (unpaired) electrons. The Balaban J connectivity index is 1.98. The number of nitrogens with one attached hydrogen (secondary N) is 1. The summed E-state index contributed by atoms with van der Waals surface area (Å²) < 4.78 is 27.5. The molecule has 6 heteroatoms. The van der Waals surface area contributed by atoms with E-state index in [0.717, 1.165) is 16.8 Å². The number of likely N-dealkylation sites (N-methyl/N-ethyl adjacent to an activating group) is 1. The topological polar surface area (TPSA) is 52.7 Å². The average Bonchev–Trinajstić information content (AvgIpc) is 2.61. The molecule has 0 spiro atoms. The monoisotopic (exact) mass is 375 g/mol. The molecule has 1 N–H and O–H groups in total. The number of aryl methyl sites for hydroxylation is 1. The molecule has 0 heterocycles.